The van der Waals surface area contributed by atoms with E-state index in [9.17, 15) is 18.7 Å². The molecular weight excluding hydrogens is 240 g/mol. The predicted molar refractivity (Wildman–Crippen MR) is 62.3 cm³/mol. The maximum absolute atomic E-state index is 13.1. The van der Waals surface area contributed by atoms with Crippen LogP contribution in [0.2, 0.25) is 0 Å². The summed E-state index contributed by atoms with van der Waals surface area (Å²) in [6.45, 7) is 0. The van der Waals surface area contributed by atoms with Gasteiger partial charge >= 0.3 is 0 Å². The zero-order valence-corrected chi connectivity index (χ0v) is 9.15. The highest BCUT2D eigenvalue weighted by Gasteiger charge is 2.17. The molecule has 0 fully saturated rings. The minimum atomic E-state index is -0.726. The van der Waals surface area contributed by atoms with Crippen molar-refractivity contribution in [3.8, 4) is 5.75 Å². The van der Waals surface area contributed by atoms with E-state index in [4.69, 9.17) is 5.73 Å². The molecule has 0 aliphatic heterocycles. The summed E-state index contributed by atoms with van der Waals surface area (Å²) >= 11 is 0. The number of phenolic OH excluding ortho intramolecular Hbond substituents is 1. The molecule has 0 amide bonds. The number of aromatic hydroxyl groups is 1. The van der Waals surface area contributed by atoms with Gasteiger partial charge in [0.15, 0.2) is 5.78 Å². The highest BCUT2D eigenvalue weighted by atomic mass is 19.1. The van der Waals surface area contributed by atoms with Crippen molar-refractivity contribution in [2.75, 3.05) is 5.73 Å². The summed E-state index contributed by atoms with van der Waals surface area (Å²) in [6.07, 6.45) is 0. The molecule has 2 aromatic carbocycles. The summed E-state index contributed by atoms with van der Waals surface area (Å²) in [5.41, 5.74) is 5.02. The Bertz CT molecular complexity index is 609. The molecule has 18 heavy (non-hydrogen) atoms. The van der Waals surface area contributed by atoms with Crippen LogP contribution in [0.25, 0.3) is 0 Å². The van der Waals surface area contributed by atoms with Gasteiger partial charge in [0.2, 0.25) is 0 Å². The van der Waals surface area contributed by atoms with Gasteiger partial charge < -0.3 is 10.8 Å². The Kier molecular flexibility index (Phi) is 2.97. The number of phenols is 1. The fourth-order valence-electron chi connectivity index (χ4n) is 1.55. The quantitative estimate of drug-likeness (QED) is 0.488. The number of hydrogen-bond acceptors (Lipinski definition) is 3. The van der Waals surface area contributed by atoms with Crippen LogP contribution in [-0.2, 0) is 0 Å². The van der Waals surface area contributed by atoms with Crippen LogP contribution in [0, 0.1) is 11.6 Å². The Labute approximate surface area is 101 Å². The molecule has 0 saturated carbocycles. The fourth-order valence-corrected chi connectivity index (χ4v) is 1.55. The van der Waals surface area contributed by atoms with Crippen molar-refractivity contribution in [3.05, 3.63) is 59.2 Å². The first-order valence-corrected chi connectivity index (χ1v) is 5.07. The first kappa shape index (κ1) is 12.0. The Morgan fingerprint density at radius 1 is 1.06 bits per heavy atom. The number of hydrogen-bond donors (Lipinski definition) is 2. The molecule has 0 heterocycles. The Hall–Kier alpha value is -2.43. The lowest BCUT2D eigenvalue weighted by Crippen LogP contribution is -2.04. The Balaban J connectivity index is 2.49. The number of nitrogen functional groups attached to an aromatic ring is 1. The SMILES string of the molecule is Nc1cc(F)cc(C(=O)c2ccc(F)cc2)c1O. The number of carbonyl (C=O) groups excluding carboxylic acids is 1. The van der Waals surface area contributed by atoms with Gasteiger partial charge in [0, 0.05) is 11.6 Å². The van der Waals surface area contributed by atoms with Crippen LogP contribution >= 0.6 is 0 Å². The lowest BCUT2D eigenvalue weighted by atomic mass is 10.0. The molecule has 0 radical (unpaired) electrons. The van der Waals surface area contributed by atoms with E-state index in [0.29, 0.717) is 0 Å². The molecule has 2 aromatic rings. The molecule has 3 nitrogen and oxygen atoms in total. The van der Waals surface area contributed by atoms with Gasteiger partial charge in [0.1, 0.15) is 17.4 Å². The summed E-state index contributed by atoms with van der Waals surface area (Å²) in [6, 6.07) is 6.50. The first-order valence-electron chi connectivity index (χ1n) is 5.07. The second kappa shape index (κ2) is 4.44. The number of benzene rings is 2. The van der Waals surface area contributed by atoms with Crippen LogP contribution in [0.3, 0.4) is 0 Å². The predicted octanol–water partition coefficient (Wildman–Crippen LogP) is 2.48. The molecule has 5 heteroatoms. The van der Waals surface area contributed by atoms with Gasteiger partial charge in [-0.15, -0.1) is 0 Å². The molecule has 0 unspecified atom stereocenters. The summed E-state index contributed by atoms with van der Waals surface area (Å²) in [5, 5.41) is 9.62. The fraction of sp³-hybridized carbons (Fsp3) is 0. The van der Waals surface area contributed by atoms with Crippen LogP contribution in [0.5, 0.6) is 5.75 Å². The molecule has 0 spiro atoms. The topological polar surface area (TPSA) is 63.3 Å². The minimum Gasteiger partial charge on any atom is -0.505 e. The van der Waals surface area contributed by atoms with Crippen molar-refractivity contribution >= 4 is 11.5 Å². The molecule has 0 aromatic heterocycles. The lowest BCUT2D eigenvalue weighted by Gasteiger charge is -2.06. The van der Waals surface area contributed by atoms with E-state index in [1.54, 1.807) is 0 Å². The van der Waals surface area contributed by atoms with E-state index >= 15 is 0 Å². The van der Waals surface area contributed by atoms with Crippen LogP contribution in [0.1, 0.15) is 15.9 Å². The molecule has 0 atom stereocenters. The second-order valence-electron chi connectivity index (χ2n) is 3.73. The second-order valence-corrected chi connectivity index (χ2v) is 3.73. The number of anilines is 1. The third-order valence-electron chi connectivity index (χ3n) is 2.46. The number of ketones is 1. The van der Waals surface area contributed by atoms with Gasteiger partial charge in [0.25, 0.3) is 0 Å². The monoisotopic (exact) mass is 249 g/mol. The van der Waals surface area contributed by atoms with E-state index in [1.165, 1.54) is 12.1 Å². The van der Waals surface area contributed by atoms with Crippen LogP contribution < -0.4 is 5.73 Å². The summed E-state index contributed by atoms with van der Waals surface area (Å²) in [7, 11) is 0. The van der Waals surface area contributed by atoms with Crippen LogP contribution in [-0.4, -0.2) is 10.9 Å². The molecule has 0 aliphatic carbocycles. The van der Waals surface area contributed by atoms with Gasteiger partial charge in [-0.25, -0.2) is 8.78 Å². The van der Waals surface area contributed by atoms with Crippen molar-refractivity contribution in [2.24, 2.45) is 0 Å². The molecular formula is C13H9F2NO2. The van der Waals surface area contributed by atoms with Crippen LogP contribution in [0.4, 0.5) is 14.5 Å². The van der Waals surface area contributed by atoms with Crippen molar-refractivity contribution in [1.29, 1.82) is 0 Å². The van der Waals surface area contributed by atoms with Crippen LogP contribution in [0.15, 0.2) is 36.4 Å². The zero-order chi connectivity index (χ0) is 13.3. The molecule has 92 valence electrons. The number of carbonyl (C=O) groups is 1. The van der Waals surface area contributed by atoms with Crippen molar-refractivity contribution in [2.45, 2.75) is 0 Å². The van der Waals surface area contributed by atoms with Crippen molar-refractivity contribution < 1.29 is 18.7 Å². The average molecular weight is 249 g/mol. The van der Waals surface area contributed by atoms with E-state index < -0.39 is 23.2 Å². The maximum atomic E-state index is 13.1. The number of rotatable bonds is 2. The summed E-state index contributed by atoms with van der Waals surface area (Å²) in [4.78, 5) is 12.0. The largest absolute Gasteiger partial charge is 0.505 e. The van der Waals surface area contributed by atoms with E-state index in [1.807, 2.05) is 0 Å². The average Bonchev–Trinajstić information content (AvgIpc) is 2.34. The normalized spacial score (nSPS) is 10.3. The lowest BCUT2D eigenvalue weighted by molar-refractivity contribution is 0.103. The summed E-state index contributed by atoms with van der Waals surface area (Å²) in [5.74, 6) is -2.32. The number of halogens is 2. The third kappa shape index (κ3) is 2.15. The van der Waals surface area contributed by atoms with E-state index in [-0.39, 0.29) is 16.8 Å². The van der Waals surface area contributed by atoms with Gasteiger partial charge in [0.05, 0.1) is 11.3 Å². The summed E-state index contributed by atoms with van der Waals surface area (Å²) < 4.78 is 25.9. The van der Waals surface area contributed by atoms with Crippen molar-refractivity contribution in [1.82, 2.24) is 0 Å². The van der Waals surface area contributed by atoms with Gasteiger partial charge in [-0.1, -0.05) is 0 Å². The molecule has 2 rings (SSSR count). The van der Waals surface area contributed by atoms with E-state index in [2.05, 4.69) is 0 Å². The Morgan fingerprint density at radius 2 is 1.67 bits per heavy atom. The molecule has 3 N–H and O–H groups in total. The standard InChI is InChI=1S/C13H9F2NO2/c14-8-3-1-7(2-4-8)12(17)10-5-9(15)6-11(16)13(10)18/h1-6,18H,16H2. The molecule has 0 aliphatic rings. The minimum absolute atomic E-state index is 0.136. The van der Waals surface area contributed by atoms with Gasteiger partial charge in [-0.3, -0.25) is 4.79 Å². The van der Waals surface area contributed by atoms with E-state index in [0.717, 1.165) is 24.3 Å². The Morgan fingerprint density at radius 3 is 2.28 bits per heavy atom. The first-order chi connectivity index (χ1) is 8.49. The van der Waals surface area contributed by atoms with Crippen molar-refractivity contribution in [3.63, 3.8) is 0 Å². The highest BCUT2D eigenvalue weighted by molar-refractivity contribution is 6.11. The zero-order valence-electron chi connectivity index (χ0n) is 9.15. The smallest absolute Gasteiger partial charge is 0.196 e. The highest BCUT2D eigenvalue weighted by Crippen LogP contribution is 2.28. The van der Waals surface area contributed by atoms with Gasteiger partial charge in [-0.05, 0) is 30.3 Å². The number of nitrogens with two attached hydrogens (primary N) is 1. The maximum Gasteiger partial charge on any atom is 0.196 e. The third-order valence-corrected chi connectivity index (χ3v) is 2.46. The van der Waals surface area contributed by atoms with Gasteiger partial charge in [-0.2, -0.15) is 0 Å². The molecule has 0 bridgehead atoms. The molecule has 0 saturated heterocycles.